The molecule has 0 saturated heterocycles. The van der Waals surface area contributed by atoms with E-state index >= 15 is 0 Å². The minimum Gasteiger partial charge on any atom is -0.364 e. The van der Waals surface area contributed by atoms with Gasteiger partial charge in [-0.25, -0.2) is 4.98 Å². The molecule has 1 rings (SSSR count). The Morgan fingerprint density at radius 3 is 2.73 bits per heavy atom. The molecular weight excluding hydrogens is 140 g/mol. The van der Waals surface area contributed by atoms with Gasteiger partial charge in [-0.2, -0.15) is 0 Å². The number of amides is 1. The fourth-order valence-corrected chi connectivity index (χ4v) is 0.625. The van der Waals surface area contributed by atoms with Gasteiger partial charge in [0.1, 0.15) is 5.69 Å². The fourth-order valence-electron chi connectivity index (χ4n) is 0.625. The SMILES string of the molecule is C#Cc1ccc(C(N)=O)nc1. The second-order valence-electron chi connectivity index (χ2n) is 1.94. The summed E-state index contributed by atoms with van der Waals surface area (Å²) in [6, 6.07) is 3.12. The van der Waals surface area contributed by atoms with Gasteiger partial charge in [-0.15, -0.1) is 6.42 Å². The molecule has 0 bridgehead atoms. The molecule has 0 radical (unpaired) electrons. The van der Waals surface area contributed by atoms with Crippen LogP contribution in [0.1, 0.15) is 16.1 Å². The number of hydrogen-bond acceptors (Lipinski definition) is 2. The molecule has 1 aromatic rings. The normalized spacial score (nSPS) is 8.64. The van der Waals surface area contributed by atoms with E-state index < -0.39 is 5.91 Å². The summed E-state index contributed by atoms with van der Waals surface area (Å²) < 4.78 is 0. The van der Waals surface area contributed by atoms with E-state index in [1.807, 2.05) is 0 Å². The molecule has 0 atom stereocenters. The lowest BCUT2D eigenvalue weighted by Gasteiger charge is -1.92. The van der Waals surface area contributed by atoms with Gasteiger partial charge in [0, 0.05) is 11.8 Å². The number of hydrogen-bond donors (Lipinski definition) is 1. The summed E-state index contributed by atoms with van der Waals surface area (Å²) in [6.07, 6.45) is 6.50. The van der Waals surface area contributed by atoms with Crippen molar-refractivity contribution in [1.29, 1.82) is 0 Å². The monoisotopic (exact) mass is 146 g/mol. The van der Waals surface area contributed by atoms with E-state index in [9.17, 15) is 4.79 Å². The molecule has 1 heterocycles. The summed E-state index contributed by atoms with van der Waals surface area (Å²) in [5.41, 5.74) is 5.81. The van der Waals surface area contributed by atoms with E-state index in [0.29, 0.717) is 5.56 Å². The van der Waals surface area contributed by atoms with Crippen LogP contribution in [0.5, 0.6) is 0 Å². The maximum atomic E-state index is 10.5. The van der Waals surface area contributed by atoms with Crippen molar-refractivity contribution in [2.24, 2.45) is 5.73 Å². The highest BCUT2D eigenvalue weighted by atomic mass is 16.1. The molecule has 0 fully saturated rings. The highest BCUT2D eigenvalue weighted by Crippen LogP contribution is 1.96. The van der Waals surface area contributed by atoms with Crippen LogP contribution >= 0.6 is 0 Å². The van der Waals surface area contributed by atoms with Gasteiger partial charge in [0.05, 0.1) is 0 Å². The molecule has 3 nitrogen and oxygen atoms in total. The van der Waals surface area contributed by atoms with Crippen molar-refractivity contribution >= 4 is 5.91 Å². The van der Waals surface area contributed by atoms with E-state index in [0.717, 1.165) is 0 Å². The maximum Gasteiger partial charge on any atom is 0.267 e. The first-order valence-corrected chi connectivity index (χ1v) is 2.96. The average Bonchev–Trinajstić information content (AvgIpc) is 2.05. The number of nitrogens with two attached hydrogens (primary N) is 1. The molecule has 54 valence electrons. The second kappa shape index (κ2) is 2.84. The van der Waals surface area contributed by atoms with Crippen LogP contribution in [0.2, 0.25) is 0 Å². The van der Waals surface area contributed by atoms with Crippen molar-refractivity contribution in [2.45, 2.75) is 0 Å². The summed E-state index contributed by atoms with van der Waals surface area (Å²) >= 11 is 0. The lowest BCUT2D eigenvalue weighted by atomic mass is 10.2. The number of pyridine rings is 1. The molecule has 1 amide bonds. The van der Waals surface area contributed by atoms with Crippen LogP contribution in [0.4, 0.5) is 0 Å². The van der Waals surface area contributed by atoms with Crippen molar-refractivity contribution in [1.82, 2.24) is 4.98 Å². The van der Waals surface area contributed by atoms with Crippen molar-refractivity contribution < 1.29 is 4.79 Å². The smallest absolute Gasteiger partial charge is 0.267 e. The fraction of sp³-hybridized carbons (Fsp3) is 0. The Hall–Kier alpha value is -1.82. The second-order valence-corrected chi connectivity index (χ2v) is 1.94. The molecule has 0 aliphatic rings. The van der Waals surface area contributed by atoms with E-state index in [4.69, 9.17) is 12.2 Å². The van der Waals surface area contributed by atoms with Crippen molar-refractivity contribution in [3.05, 3.63) is 29.6 Å². The van der Waals surface area contributed by atoms with E-state index in [1.54, 1.807) is 6.07 Å². The third kappa shape index (κ3) is 1.55. The topological polar surface area (TPSA) is 56.0 Å². The highest BCUT2D eigenvalue weighted by molar-refractivity contribution is 5.90. The van der Waals surface area contributed by atoms with Gasteiger partial charge in [0.2, 0.25) is 0 Å². The maximum absolute atomic E-state index is 10.5. The minimum absolute atomic E-state index is 0.226. The Labute approximate surface area is 64.2 Å². The number of carbonyl (C=O) groups is 1. The standard InChI is InChI=1S/C8H6N2O/c1-2-6-3-4-7(8(9)11)10-5-6/h1,3-5H,(H2,9,11). The van der Waals surface area contributed by atoms with Crippen molar-refractivity contribution in [3.8, 4) is 12.3 Å². The van der Waals surface area contributed by atoms with E-state index in [2.05, 4.69) is 10.9 Å². The first-order chi connectivity index (χ1) is 5.24. The van der Waals surface area contributed by atoms with Crippen molar-refractivity contribution in [2.75, 3.05) is 0 Å². The molecule has 0 aliphatic carbocycles. The van der Waals surface area contributed by atoms with Gasteiger partial charge in [0.25, 0.3) is 5.91 Å². The predicted octanol–water partition coefficient (Wildman–Crippen LogP) is 0.162. The van der Waals surface area contributed by atoms with Gasteiger partial charge in [-0.05, 0) is 12.1 Å². The molecule has 2 N–H and O–H groups in total. The van der Waals surface area contributed by atoms with Gasteiger partial charge in [-0.3, -0.25) is 4.79 Å². The summed E-state index contributed by atoms with van der Waals surface area (Å²) in [5.74, 6) is 1.83. The first kappa shape index (κ1) is 7.29. The third-order valence-corrected chi connectivity index (χ3v) is 1.18. The number of primary amides is 1. The largest absolute Gasteiger partial charge is 0.364 e. The Morgan fingerprint density at radius 1 is 1.64 bits per heavy atom. The molecule has 3 heteroatoms. The zero-order valence-corrected chi connectivity index (χ0v) is 5.74. The van der Waals surface area contributed by atoms with Gasteiger partial charge >= 0.3 is 0 Å². The average molecular weight is 146 g/mol. The number of carbonyl (C=O) groups excluding carboxylic acids is 1. The first-order valence-electron chi connectivity index (χ1n) is 2.96. The van der Waals surface area contributed by atoms with Crippen LogP contribution in [-0.2, 0) is 0 Å². The van der Waals surface area contributed by atoms with Crippen LogP contribution in [0.15, 0.2) is 18.3 Å². The van der Waals surface area contributed by atoms with Gasteiger partial charge < -0.3 is 5.73 Å². The predicted molar refractivity (Wildman–Crippen MR) is 40.7 cm³/mol. The Kier molecular flexibility index (Phi) is 1.88. The van der Waals surface area contributed by atoms with E-state index in [-0.39, 0.29) is 5.69 Å². The zero-order valence-electron chi connectivity index (χ0n) is 5.74. The molecule has 0 saturated carbocycles. The minimum atomic E-state index is -0.548. The van der Waals surface area contributed by atoms with Crippen LogP contribution in [0.3, 0.4) is 0 Å². The lowest BCUT2D eigenvalue weighted by molar-refractivity contribution is 0.0995. The number of nitrogens with zero attached hydrogens (tertiary/aromatic N) is 1. The molecule has 1 aromatic heterocycles. The number of aromatic nitrogens is 1. The molecule has 0 aliphatic heterocycles. The number of terminal acetylenes is 1. The molecule has 0 unspecified atom stereocenters. The molecule has 0 spiro atoms. The Balaban J connectivity index is 3.03. The summed E-state index contributed by atoms with van der Waals surface area (Å²) in [6.45, 7) is 0. The molecular formula is C8H6N2O. The Bertz CT molecular complexity index is 308. The zero-order chi connectivity index (χ0) is 8.27. The molecule has 0 aromatic carbocycles. The van der Waals surface area contributed by atoms with Crippen LogP contribution < -0.4 is 5.73 Å². The van der Waals surface area contributed by atoms with Gasteiger partial charge in [0.15, 0.2) is 0 Å². The van der Waals surface area contributed by atoms with E-state index in [1.165, 1.54) is 12.3 Å². The summed E-state index contributed by atoms with van der Waals surface area (Å²) in [4.78, 5) is 14.2. The van der Waals surface area contributed by atoms with Crippen LogP contribution in [-0.4, -0.2) is 10.9 Å². The van der Waals surface area contributed by atoms with Crippen molar-refractivity contribution in [3.63, 3.8) is 0 Å². The third-order valence-electron chi connectivity index (χ3n) is 1.18. The van der Waals surface area contributed by atoms with Crippen LogP contribution in [0, 0.1) is 12.3 Å². The Morgan fingerprint density at radius 2 is 2.36 bits per heavy atom. The number of rotatable bonds is 1. The lowest BCUT2D eigenvalue weighted by Crippen LogP contribution is -2.12. The highest BCUT2D eigenvalue weighted by Gasteiger charge is 1.98. The van der Waals surface area contributed by atoms with Gasteiger partial charge in [-0.1, -0.05) is 5.92 Å². The van der Waals surface area contributed by atoms with Crippen LogP contribution in [0.25, 0.3) is 0 Å². The molecule has 11 heavy (non-hydrogen) atoms. The summed E-state index contributed by atoms with van der Waals surface area (Å²) in [7, 11) is 0. The summed E-state index contributed by atoms with van der Waals surface area (Å²) in [5, 5.41) is 0. The quantitative estimate of drug-likeness (QED) is 0.574.